The third kappa shape index (κ3) is 2.19. The smallest absolute Gasteiger partial charge is 0.225 e. The first-order valence-electron chi connectivity index (χ1n) is 4.45. The van der Waals surface area contributed by atoms with E-state index in [2.05, 4.69) is 0 Å². The van der Waals surface area contributed by atoms with Gasteiger partial charge in [-0.3, -0.25) is 4.79 Å². The van der Waals surface area contributed by atoms with Gasteiger partial charge in [0.2, 0.25) is 5.91 Å². The summed E-state index contributed by atoms with van der Waals surface area (Å²) in [6.07, 6.45) is -0.267. The van der Waals surface area contributed by atoms with Crippen molar-refractivity contribution in [2.45, 2.75) is 31.9 Å². The summed E-state index contributed by atoms with van der Waals surface area (Å²) in [5.41, 5.74) is -0.316. The molecule has 1 amide bonds. The number of β-amino-alcohol motifs (C(OH)–C–C–N with tert-alkyl or cyclic N) is 1. The Kier molecular flexibility index (Phi) is 2.93. The molecule has 1 fully saturated rings. The number of methoxy groups -OCH3 is 1. The third-order valence-electron chi connectivity index (χ3n) is 2.33. The molecule has 0 aromatic carbocycles. The predicted octanol–water partition coefficient (Wildman–Crippen LogP) is 0.00460. The molecule has 1 saturated heterocycles. The van der Waals surface area contributed by atoms with Gasteiger partial charge >= 0.3 is 0 Å². The van der Waals surface area contributed by atoms with Crippen molar-refractivity contribution in [1.82, 2.24) is 4.90 Å². The molecule has 76 valence electrons. The average Bonchev–Trinajstić information content (AvgIpc) is 2.30. The molecule has 1 heterocycles. The van der Waals surface area contributed by atoms with Crippen molar-refractivity contribution >= 4 is 5.91 Å². The minimum absolute atomic E-state index is 0.00884. The van der Waals surface area contributed by atoms with Crippen molar-refractivity contribution in [2.24, 2.45) is 0 Å². The van der Waals surface area contributed by atoms with Crippen LogP contribution in [-0.4, -0.2) is 47.8 Å². The van der Waals surface area contributed by atoms with Crippen molar-refractivity contribution in [3.8, 4) is 0 Å². The fourth-order valence-electron chi connectivity index (χ4n) is 1.70. The van der Waals surface area contributed by atoms with Crippen LogP contribution in [-0.2, 0) is 9.53 Å². The zero-order chi connectivity index (χ0) is 10.1. The van der Waals surface area contributed by atoms with E-state index in [0.717, 1.165) is 0 Å². The highest BCUT2D eigenvalue weighted by atomic mass is 16.5. The maximum absolute atomic E-state index is 11.4. The second kappa shape index (κ2) is 3.64. The van der Waals surface area contributed by atoms with E-state index in [-0.39, 0.29) is 17.9 Å². The Balaban J connectivity index is 2.65. The number of carbonyl (C=O) groups is 1. The van der Waals surface area contributed by atoms with E-state index in [4.69, 9.17) is 4.74 Å². The van der Waals surface area contributed by atoms with Crippen LogP contribution in [0.4, 0.5) is 0 Å². The second-order valence-corrected chi connectivity index (χ2v) is 4.11. The van der Waals surface area contributed by atoms with Gasteiger partial charge in [-0.15, -0.1) is 0 Å². The average molecular weight is 187 g/mol. The van der Waals surface area contributed by atoms with E-state index >= 15 is 0 Å². The number of ether oxygens (including phenoxy) is 1. The molecule has 1 N–H and O–H groups in total. The van der Waals surface area contributed by atoms with E-state index < -0.39 is 6.10 Å². The second-order valence-electron chi connectivity index (χ2n) is 4.11. The molecule has 4 heteroatoms. The molecule has 0 saturated carbocycles. The third-order valence-corrected chi connectivity index (χ3v) is 2.33. The number of amides is 1. The Labute approximate surface area is 78.5 Å². The molecular weight excluding hydrogens is 170 g/mol. The molecule has 1 aliphatic rings. The Morgan fingerprint density at radius 3 is 2.69 bits per heavy atom. The van der Waals surface area contributed by atoms with Crippen LogP contribution in [0.2, 0.25) is 0 Å². The quantitative estimate of drug-likeness (QED) is 0.677. The summed E-state index contributed by atoms with van der Waals surface area (Å²) in [4.78, 5) is 13.1. The van der Waals surface area contributed by atoms with Gasteiger partial charge in [-0.05, 0) is 13.8 Å². The molecular formula is C9H17NO3. The number of aliphatic hydroxyl groups excluding tert-OH is 1. The van der Waals surface area contributed by atoms with E-state index in [0.29, 0.717) is 13.2 Å². The van der Waals surface area contributed by atoms with Gasteiger partial charge < -0.3 is 14.7 Å². The van der Waals surface area contributed by atoms with Gasteiger partial charge in [-0.25, -0.2) is 0 Å². The lowest BCUT2D eigenvalue weighted by Crippen LogP contribution is -2.48. The molecule has 1 unspecified atom stereocenters. The Hall–Kier alpha value is -0.610. The Morgan fingerprint density at radius 1 is 1.69 bits per heavy atom. The molecule has 1 rings (SSSR count). The lowest BCUT2D eigenvalue weighted by molar-refractivity contribution is -0.133. The molecule has 13 heavy (non-hydrogen) atoms. The van der Waals surface area contributed by atoms with E-state index in [9.17, 15) is 9.90 Å². The first-order chi connectivity index (χ1) is 5.97. The zero-order valence-corrected chi connectivity index (χ0v) is 8.41. The van der Waals surface area contributed by atoms with Crippen molar-refractivity contribution in [2.75, 3.05) is 20.3 Å². The van der Waals surface area contributed by atoms with Gasteiger partial charge in [0.05, 0.1) is 24.7 Å². The molecule has 0 aromatic heterocycles. The van der Waals surface area contributed by atoms with Crippen LogP contribution >= 0.6 is 0 Å². The van der Waals surface area contributed by atoms with Crippen LogP contribution in [0.25, 0.3) is 0 Å². The fourth-order valence-corrected chi connectivity index (χ4v) is 1.70. The highest BCUT2D eigenvalue weighted by molar-refractivity contribution is 5.79. The maximum atomic E-state index is 11.4. The summed E-state index contributed by atoms with van der Waals surface area (Å²) in [6, 6.07) is 0. The van der Waals surface area contributed by atoms with E-state index in [1.165, 1.54) is 0 Å². The lowest BCUT2D eigenvalue weighted by Gasteiger charge is -2.34. The highest BCUT2D eigenvalue weighted by Crippen LogP contribution is 2.22. The van der Waals surface area contributed by atoms with Crippen LogP contribution in [0.1, 0.15) is 20.3 Å². The van der Waals surface area contributed by atoms with Crippen LogP contribution in [0, 0.1) is 0 Å². The SMILES string of the molecule is COCC(C)(C)N1CC(O)CC1=O. The van der Waals surface area contributed by atoms with Gasteiger partial charge in [0.25, 0.3) is 0 Å². The molecule has 1 atom stereocenters. The van der Waals surface area contributed by atoms with Crippen LogP contribution < -0.4 is 0 Å². The highest BCUT2D eigenvalue weighted by Gasteiger charge is 2.37. The van der Waals surface area contributed by atoms with E-state index in [1.807, 2.05) is 13.8 Å². The Morgan fingerprint density at radius 2 is 2.31 bits per heavy atom. The van der Waals surface area contributed by atoms with Crippen molar-refractivity contribution in [3.63, 3.8) is 0 Å². The normalized spacial score (nSPS) is 24.2. The van der Waals surface area contributed by atoms with Crippen molar-refractivity contribution in [3.05, 3.63) is 0 Å². The molecule has 0 aliphatic carbocycles. The lowest BCUT2D eigenvalue weighted by atomic mass is 10.1. The topological polar surface area (TPSA) is 49.8 Å². The minimum atomic E-state index is -0.511. The Bertz CT molecular complexity index is 203. The van der Waals surface area contributed by atoms with Crippen LogP contribution in [0.3, 0.4) is 0 Å². The summed E-state index contributed by atoms with van der Waals surface area (Å²) in [6.45, 7) is 4.79. The van der Waals surface area contributed by atoms with Gasteiger partial charge in [-0.2, -0.15) is 0 Å². The number of rotatable bonds is 3. The van der Waals surface area contributed by atoms with Gasteiger partial charge in [0.15, 0.2) is 0 Å². The van der Waals surface area contributed by atoms with Gasteiger partial charge in [0, 0.05) is 13.7 Å². The molecule has 0 aromatic rings. The predicted molar refractivity (Wildman–Crippen MR) is 48.3 cm³/mol. The molecule has 0 radical (unpaired) electrons. The van der Waals surface area contributed by atoms with Crippen LogP contribution in [0.5, 0.6) is 0 Å². The standard InChI is InChI=1S/C9H17NO3/c1-9(2,6-13-3)10-5-7(11)4-8(10)12/h7,11H,4-6H2,1-3H3. The molecule has 1 aliphatic heterocycles. The number of hydrogen-bond acceptors (Lipinski definition) is 3. The summed E-state index contributed by atoms with van der Waals surface area (Å²) < 4.78 is 5.03. The summed E-state index contributed by atoms with van der Waals surface area (Å²) in [5, 5.41) is 9.30. The summed E-state index contributed by atoms with van der Waals surface area (Å²) >= 11 is 0. The zero-order valence-electron chi connectivity index (χ0n) is 8.41. The van der Waals surface area contributed by atoms with Gasteiger partial charge in [0.1, 0.15) is 0 Å². The van der Waals surface area contributed by atoms with Crippen molar-refractivity contribution < 1.29 is 14.6 Å². The number of carbonyl (C=O) groups excluding carboxylic acids is 1. The molecule has 4 nitrogen and oxygen atoms in total. The van der Waals surface area contributed by atoms with Crippen molar-refractivity contribution in [1.29, 1.82) is 0 Å². The summed E-state index contributed by atoms with van der Waals surface area (Å²) in [7, 11) is 1.61. The monoisotopic (exact) mass is 187 g/mol. The first-order valence-corrected chi connectivity index (χ1v) is 4.45. The van der Waals surface area contributed by atoms with Crippen LogP contribution in [0.15, 0.2) is 0 Å². The van der Waals surface area contributed by atoms with Gasteiger partial charge in [-0.1, -0.05) is 0 Å². The number of likely N-dealkylation sites (tertiary alicyclic amines) is 1. The fraction of sp³-hybridized carbons (Fsp3) is 0.889. The largest absolute Gasteiger partial charge is 0.391 e. The number of hydrogen-bond donors (Lipinski definition) is 1. The first kappa shape index (κ1) is 10.5. The molecule has 0 bridgehead atoms. The minimum Gasteiger partial charge on any atom is -0.391 e. The number of nitrogens with zero attached hydrogens (tertiary/aromatic N) is 1. The maximum Gasteiger partial charge on any atom is 0.225 e. The number of aliphatic hydroxyl groups is 1. The van der Waals surface area contributed by atoms with E-state index in [1.54, 1.807) is 12.0 Å². The summed E-state index contributed by atoms with van der Waals surface area (Å²) in [5.74, 6) is 0.00884. The molecule has 0 spiro atoms.